The van der Waals surface area contributed by atoms with Crippen molar-refractivity contribution in [2.75, 3.05) is 18.1 Å². The van der Waals surface area contributed by atoms with E-state index in [2.05, 4.69) is 0 Å². The molecule has 1 fully saturated rings. The van der Waals surface area contributed by atoms with Gasteiger partial charge in [0, 0.05) is 12.6 Å². The van der Waals surface area contributed by atoms with E-state index in [1.54, 1.807) is 11.0 Å². The average molecular weight is 377 g/mol. The summed E-state index contributed by atoms with van der Waals surface area (Å²) in [4.78, 5) is 14.5. The maximum atomic E-state index is 12.9. The molecule has 1 aromatic carbocycles. The maximum absolute atomic E-state index is 12.9. The number of furan rings is 1. The molecule has 3 rings (SSSR count). The van der Waals surface area contributed by atoms with Gasteiger partial charge in [-0.2, -0.15) is 0 Å². The molecule has 0 bridgehead atoms. The number of amides is 1. The van der Waals surface area contributed by atoms with E-state index in [1.807, 2.05) is 38.1 Å². The molecule has 1 aliphatic heterocycles. The van der Waals surface area contributed by atoms with Gasteiger partial charge in [0.05, 0.1) is 23.3 Å². The lowest BCUT2D eigenvalue weighted by Crippen LogP contribution is -2.41. The van der Waals surface area contributed by atoms with Gasteiger partial charge in [-0.15, -0.1) is 0 Å². The van der Waals surface area contributed by atoms with E-state index in [0.29, 0.717) is 30.0 Å². The van der Waals surface area contributed by atoms with Crippen molar-refractivity contribution in [1.82, 2.24) is 4.90 Å². The Morgan fingerprint density at radius 3 is 2.62 bits per heavy atom. The van der Waals surface area contributed by atoms with Crippen molar-refractivity contribution in [3.05, 3.63) is 53.5 Å². The Labute approximate surface area is 153 Å². The molecule has 6 nitrogen and oxygen atoms in total. The third-order valence-corrected chi connectivity index (χ3v) is 6.37. The van der Waals surface area contributed by atoms with Crippen LogP contribution in [0.2, 0.25) is 0 Å². The topological polar surface area (TPSA) is 76.8 Å². The summed E-state index contributed by atoms with van der Waals surface area (Å²) >= 11 is 0. The molecule has 2 heterocycles. The Morgan fingerprint density at radius 2 is 2.00 bits per heavy atom. The van der Waals surface area contributed by atoms with Gasteiger partial charge >= 0.3 is 0 Å². The second-order valence-corrected chi connectivity index (χ2v) is 8.74. The van der Waals surface area contributed by atoms with Crippen molar-refractivity contribution < 1.29 is 22.4 Å². The predicted molar refractivity (Wildman–Crippen MR) is 98.0 cm³/mol. The highest BCUT2D eigenvalue weighted by atomic mass is 32.2. The molecule has 0 unspecified atom stereocenters. The lowest BCUT2D eigenvalue weighted by atomic mass is 10.1. The van der Waals surface area contributed by atoms with Gasteiger partial charge < -0.3 is 14.1 Å². The number of ether oxygens (including phenoxy) is 1. The Balaban J connectivity index is 1.72. The van der Waals surface area contributed by atoms with Gasteiger partial charge in [0.2, 0.25) is 0 Å². The molecule has 26 heavy (non-hydrogen) atoms. The predicted octanol–water partition coefficient (Wildman–Crippen LogP) is 2.82. The second-order valence-electron chi connectivity index (χ2n) is 6.51. The summed E-state index contributed by atoms with van der Waals surface area (Å²) in [5, 5.41) is 0. The number of rotatable bonds is 6. The van der Waals surface area contributed by atoms with Crippen molar-refractivity contribution in [2.45, 2.75) is 32.9 Å². The van der Waals surface area contributed by atoms with Crippen LogP contribution in [-0.4, -0.2) is 43.3 Å². The van der Waals surface area contributed by atoms with E-state index in [0.717, 1.165) is 5.56 Å². The lowest BCUT2D eigenvalue weighted by Gasteiger charge is -2.26. The zero-order valence-electron chi connectivity index (χ0n) is 15.0. The van der Waals surface area contributed by atoms with Crippen LogP contribution >= 0.6 is 0 Å². The summed E-state index contributed by atoms with van der Waals surface area (Å²) < 4.78 is 34.6. The Hall–Kier alpha value is -2.28. The second kappa shape index (κ2) is 7.53. The summed E-state index contributed by atoms with van der Waals surface area (Å²) in [7, 11) is -3.05. The first-order valence-electron chi connectivity index (χ1n) is 8.67. The SMILES string of the molecule is CCN(C(=O)c1ccoc1COc1ccc(C)cc1)[C@H]1CCS(=O)(=O)C1. The number of benzene rings is 1. The highest BCUT2D eigenvalue weighted by Crippen LogP contribution is 2.23. The Kier molecular flexibility index (Phi) is 5.36. The smallest absolute Gasteiger partial charge is 0.257 e. The molecule has 140 valence electrons. The summed E-state index contributed by atoms with van der Waals surface area (Å²) in [6.45, 7) is 4.43. The molecule has 1 atom stereocenters. The van der Waals surface area contributed by atoms with Crippen molar-refractivity contribution >= 4 is 15.7 Å². The van der Waals surface area contributed by atoms with E-state index in [9.17, 15) is 13.2 Å². The molecule has 1 aliphatic rings. The molecule has 0 spiro atoms. The molecule has 7 heteroatoms. The lowest BCUT2D eigenvalue weighted by molar-refractivity contribution is 0.0703. The normalized spacial score (nSPS) is 18.6. The molecule has 0 aliphatic carbocycles. The minimum atomic E-state index is -3.05. The van der Waals surface area contributed by atoms with Gasteiger partial charge in [0.15, 0.2) is 15.6 Å². The summed E-state index contributed by atoms with van der Waals surface area (Å²) in [6.07, 6.45) is 1.94. The third kappa shape index (κ3) is 4.09. The molecule has 1 saturated heterocycles. The molecule has 0 saturated carbocycles. The third-order valence-electron chi connectivity index (χ3n) is 4.62. The Morgan fingerprint density at radius 1 is 1.27 bits per heavy atom. The number of aryl methyl sites for hydroxylation is 1. The molecule has 0 radical (unpaired) electrons. The quantitative estimate of drug-likeness (QED) is 0.774. The zero-order valence-corrected chi connectivity index (χ0v) is 15.8. The first kappa shape index (κ1) is 18.5. The first-order valence-corrected chi connectivity index (χ1v) is 10.5. The van der Waals surface area contributed by atoms with Gasteiger partial charge in [-0.05, 0) is 38.5 Å². The van der Waals surface area contributed by atoms with Crippen molar-refractivity contribution in [3.63, 3.8) is 0 Å². The van der Waals surface area contributed by atoms with E-state index < -0.39 is 9.84 Å². The van der Waals surface area contributed by atoms with Gasteiger partial charge in [0.1, 0.15) is 12.4 Å². The number of hydrogen-bond acceptors (Lipinski definition) is 5. The zero-order chi connectivity index (χ0) is 18.7. The fourth-order valence-electron chi connectivity index (χ4n) is 3.17. The molecular weight excluding hydrogens is 354 g/mol. The van der Waals surface area contributed by atoms with Crippen molar-refractivity contribution in [3.8, 4) is 5.75 Å². The first-order chi connectivity index (χ1) is 12.4. The molecular formula is C19H23NO5S. The van der Waals surface area contributed by atoms with Gasteiger partial charge in [-0.25, -0.2) is 8.42 Å². The van der Waals surface area contributed by atoms with E-state index in [-0.39, 0.29) is 30.1 Å². The summed E-state index contributed by atoms with van der Waals surface area (Å²) in [5.74, 6) is 1.08. The average Bonchev–Trinajstić information content (AvgIpc) is 3.21. The van der Waals surface area contributed by atoms with Gasteiger partial charge in [0.25, 0.3) is 5.91 Å². The largest absolute Gasteiger partial charge is 0.486 e. The maximum Gasteiger partial charge on any atom is 0.257 e. The van der Waals surface area contributed by atoms with Crippen molar-refractivity contribution in [1.29, 1.82) is 0 Å². The van der Waals surface area contributed by atoms with Crippen LogP contribution in [0.25, 0.3) is 0 Å². The number of carbonyl (C=O) groups excluding carboxylic acids is 1. The van der Waals surface area contributed by atoms with Crippen LogP contribution in [0.15, 0.2) is 41.0 Å². The van der Waals surface area contributed by atoms with Crippen LogP contribution in [0.4, 0.5) is 0 Å². The minimum Gasteiger partial charge on any atom is -0.486 e. The van der Waals surface area contributed by atoms with Gasteiger partial charge in [-0.1, -0.05) is 17.7 Å². The highest BCUT2D eigenvalue weighted by Gasteiger charge is 2.35. The van der Waals surface area contributed by atoms with Crippen LogP contribution in [0.5, 0.6) is 5.75 Å². The monoisotopic (exact) mass is 377 g/mol. The summed E-state index contributed by atoms with van der Waals surface area (Å²) in [6, 6.07) is 8.95. The minimum absolute atomic E-state index is 0.0274. The van der Waals surface area contributed by atoms with Crippen LogP contribution in [0.1, 0.15) is 35.0 Å². The summed E-state index contributed by atoms with van der Waals surface area (Å²) in [5.41, 5.74) is 1.56. The van der Waals surface area contributed by atoms with E-state index in [1.165, 1.54) is 6.26 Å². The number of hydrogen-bond donors (Lipinski definition) is 0. The molecule has 1 amide bonds. The van der Waals surface area contributed by atoms with E-state index >= 15 is 0 Å². The molecule has 0 N–H and O–H groups in total. The van der Waals surface area contributed by atoms with Crippen LogP contribution < -0.4 is 4.74 Å². The van der Waals surface area contributed by atoms with Crippen LogP contribution in [0.3, 0.4) is 0 Å². The van der Waals surface area contributed by atoms with Crippen LogP contribution in [-0.2, 0) is 16.4 Å². The highest BCUT2D eigenvalue weighted by molar-refractivity contribution is 7.91. The fraction of sp³-hybridized carbons (Fsp3) is 0.421. The van der Waals surface area contributed by atoms with Crippen molar-refractivity contribution in [2.24, 2.45) is 0 Å². The number of sulfone groups is 1. The number of carbonyl (C=O) groups is 1. The molecule has 1 aromatic heterocycles. The van der Waals surface area contributed by atoms with E-state index in [4.69, 9.17) is 9.15 Å². The molecule has 2 aromatic rings. The Bertz CT molecular complexity index is 870. The van der Waals surface area contributed by atoms with Crippen LogP contribution in [0, 0.1) is 6.92 Å². The number of nitrogens with zero attached hydrogens (tertiary/aromatic N) is 1. The van der Waals surface area contributed by atoms with Gasteiger partial charge in [-0.3, -0.25) is 4.79 Å². The fourth-order valence-corrected chi connectivity index (χ4v) is 4.90. The standard InChI is InChI=1S/C19H23NO5S/c1-3-20(15-9-11-26(22,23)13-15)19(21)17-8-10-24-18(17)12-25-16-6-4-14(2)5-7-16/h4-8,10,15H,3,9,11-13H2,1-2H3/t15-/m0/s1.